The van der Waals surface area contributed by atoms with E-state index in [2.05, 4.69) is 34.3 Å². The Balaban J connectivity index is 1.41. The number of fused-ring (bicyclic) bond motifs is 1. The third-order valence-corrected chi connectivity index (χ3v) is 4.57. The van der Waals surface area contributed by atoms with Crippen molar-refractivity contribution in [2.24, 2.45) is 0 Å². The third-order valence-electron chi connectivity index (χ3n) is 4.57. The van der Waals surface area contributed by atoms with Crippen LogP contribution in [0.2, 0.25) is 0 Å². The molecule has 0 saturated carbocycles. The smallest absolute Gasteiger partial charge is 0.270 e. The van der Waals surface area contributed by atoms with Crippen molar-refractivity contribution < 1.29 is 14.3 Å². The molecule has 1 amide bonds. The van der Waals surface area contributed by atoms with Gasteiger partial charge < -0.3 is 19.7 Å². The van der Waals surface area contributed by atoms with Crippen LogP contribution in [0.25, 0.3) is 0 Å². The predicted molar refractivity (Wildman–Crippen MR) is 107 cm³/mol. The molecule has 3 aromatic rings. The maximum Gasteiger partial charge on any atom is 0.270 e. The van der Waals surface area contributed by atoms with Gasteiger partial charge in [-0.25, -0.2) is 4.98 Å². The summed E-state index contributed by atoms with van der Waals surface area (Å²) in [7, 11) is 0. The van der Waals surface area contributed by atoms with Gasteiger partial charge in [0.25, 0.3) is 5.91 Å². The van der Waals surface area contributed by atoms with Gasteiger partial charge in [0.05, 0.1) is 11.9 Å². The minimum atomic E-state index is -0.216. The maximum absolute atomic E-state index is 12.4. The lowest BCUT2D eigenvalue weighted by Crippen LogP contribution is -2.24. The standard InChI is InChI=1S/C22H21N3O3/c1-2-25(17-6-4-3-5-7-17)18-9-10-19(23-14-18)22(26)24-13-16-8-11-20-21(12-16)28-15-27-20/h3-12,14H,2,13,15H2,1H3,(H,24,26). The monoisotopic (exact) mass is 375 g/mol. The van der Waals surface area contributed by atoms with Gasteiger partial charge >= 0.3 is 0 Å². The molecule has 0 saturated heterocycles. The molecule has 1 aromatic heterocycles. The molecule has 0 spiro atoms. The molecule has 0 bridgehead atoms. The molecule has 1 N–H and O–H groups in total. The molecule has 4 rings (SSSR count). The van der Waals surface area contributed by atoms with Gasteiger partial charge in [-0.05, 0) is 48.9 Å². The Kier molecular flexibility index (Phi) is 5.10. The number of aromatic nitrogens is 1. The molecule has 1 aliphatic heterocycles. The Bertz CT molecular complexity index is 959. The summed E-state index contributed by atoms with van der Waals surface area (Å²) < 4.78 is 10.7. The summed E-state index contributed by atoms with van der Waals surface area (Å²) in [5.41, 5.74) is 3.36. The number of anilines is 2. The van der Waals surface area contributed by atoms with Crippen molar-refractivity contribution in [2.45, 2.75) is 13.5 Å². The summed E-state index contributed by atoms with van der Waals surface area (Å²) in [4.78, 5) is 18.9. The van der Waals surface area contributed by atoms with Crippen molar-refractivity contribution in [3.63, 3.8) is 0 Å². The number of nitrogens with one attached hydrogen (secondary N) is 1. The SMILES string of the molecule is CCN(c1ccccc1)c1ccc(C(=O)NCc2ccc3c(c2)OCO3)nc1. The number of ether oxygens (including phenoxy) is 2. The summed E-state index contributed by atoms with van der Waals surface area (Å²) >= 11 is 0. The van der Waals surface area contributed by atoms with Crippen LogP contribution in [-0.2, 0) is 6.54 Å². The van der Waals surface area contributed by atoms with Gasteiger partial charge in [0, 0.05) is 18.8 Å². The van der Waals surface area contributed by atoms with Crippen LogP contribution >= 0.6 is 0 Å². The van der Waals surface area contributed by atoms with Crippen molar-refractivity contribution in [1.82, 2.24) is 10.3 Å². The highest BCUT2D eigenvalue weighted by Crippen LogP contribution is 2.32. The highest BCUT2D eigenvalue weighted by atomic mass is 16.7. The molecule has 2 heterocycles. The van der Waals surface area contributed by atoms with Gasteiger partial charge in [0.2, 0.25) is 6.79 Å². The van der Waals surface area contributed by atoms with Crippen molar-refractivity contribution in [3.8, 4) is 11.5 Å². The molecule has 6 heteroatoms. The Labute approximate surface area is 163 Å². The molecule has 0 unspecified atom stereocenters. The van der Waals surface area contributed by atoms with E-state index in [1.807, 2.05) is 42.5 Å². The minimum absolute atomic E-state index is 0.216. The lowest BCUT2D eigenvalue weighted by atomic mass is 10.2. The van der Waals surface area contributed by atoms with Crippen LogP contribution in [-0.4, -0.2) is 24.2 Å². The van der Waals surface area contributed by atoms with Crippen LogP contribution in [0.3, 0.4) is 0 Å². The van der Waals surface area contributed by atoms with Gasteiger partial charge in [0.15, 0.2) is 11.5 Å². The minimum Gasteiger partial charge on any atom is -0.454 e. The first-order valence-corrected chi connectivity index (χ1v) is 9.20. The fourth-order valence-electron chi connectivity index (χ4n) is 3.13. The Morgan fingerprint density at radius 3 is 2.61 bits per heavy atom. The summed E-state index contributed by atoms with van der Waals surface area (Å²) in [6, 6.07) is 19.4. The molecule has 0 radical (unpaired) electrons. The zero-order valence-electron chi connectivity index (χ0n) is 15.6. The molecule has 6 nitrogen and oxygen atoms in total. The van der Waals surface area contributed by atoms with Crippen LogP contribution in [0.4, 0.5) is 11.4 Å². The molecule has 0 fully saturated rings. The largest absolute Gasteiger partial charge is 0.454 e. The second-order valence-corrected chi connectivity index (χ2v) is 6.35. The summed E-state index contributed by atoms with van der Waals surface area (Å²) in [5, 5.41) is 2.89. The lowest BCUT2D eigenvalue weighted by Gasteiger charge is -2.22. The average Bonchev–Trinajstić information content (AvgIpc) is 3.22. The van der Waals surface area contributed by atoms with E-state index in [4.69, 9.17) is 9.47 Å². The number of rotatable bonds is 6. The van der Waals surface area contributed by atoms with Gasteiger partial charge in [-0.15, -0.1) is 0 Å². The number of hydrogen-bond acceptors (Lipinski definition) is 5. The highest BCUT2D eigenvalue weighted by Gasteiger charge is 2.14. The first-order chi connectivity index (χ1) is 13.7. The van der Waals surface area contributed by atoms with E-state index < -0.39 is 0 Å². The van der Waals surface area contributed by atoms with Gasteiger partial charge in [-0.3, -0.25) is 4.79 Å². The lowest BCUT2D eigenvalue weighted by molar-refractivity contribution is 0.0946. The summed E-state index contributed by atoms with van der Waals surface area (Å²) in [6.45, 7) is 3.52. The number of amides is 1. The molecule has 0 aliphatic carbocycles. The molecular weight excluding hydrogens is 354 g/mol. The predicted octanol–water partition coefficient (Wildman–Crippen LogP) is 3.90. The van der Waals surface area contributed by atoms with Gasteiger partial charge in [-0.2, -0.15) is 0 Å². The summed E-state index contributed by atoms with van der Waals surface area (Å²) in [5.74, 6) is 1.22. The van der Waals surface area contributed by atoms with E-state index in [0.29, 0.717) is 18.0 Å². The molecule has 28 heavy (non-hydrogen) atoms. The number of pyridine rings is 1. The van der Waals surface area contributed by atoms with E-state index in [9.17, 15) is 4.79 Å². The van der Waals surface area contributed by atoms with Crippen LogP contribution in [0, 0.1) is 0 Å². The van der Waals surface area contributed by atoms with Gasteiger partial charge in [0.1, 0.15) is 5.69 Å². The fourth-order valence-corrected chi connectivity index (χ4v) is 3.13. The molecular formula is C22H21N3O3. The van der Waals surface area contributed by atoms with Crippen LogP contribution in [0.1, 0.15) is 23.0 Å². The molecule has 1 aliphatic rings. The number of benzene rings is 2. The first kappa shape index (κ1) is 17.9. The zero-order chi connectivity index (χ0) is 19.3. The second-order valence-electron chi connectivity index (χ2n) is 6.35. The zero-order valence-corrected chi connectivity index (χ0v) is 15.6. The fraction of sp³-hybridized carbons (Fsp3) is 0.182. The Morgan fingerprint density at radius 1 is 1.04 bits per heavy atom. The van der Waals surface area contributed by atoms with E-state index >= 15 is 0 Å². The van der Waals surface area contributed by atoms with E-state index in [1.165, 1.54) is 0 Å². The average molecular weight is 375 g/mol. The molecule has 0 atom stereocenters. The number of hydrogen-bond donors (Lipinski definition) is 1. The number of carbonyl (C=O) groups excluding carboxylic acids is 1. The Hall–Kier alpha value is -3.54. The first-order valence-electron chi connectivity index (χ1n) is 9.20. The summed E-state index contributed by atoms with van der Waals surface area (Å²) in [6.07, 6.45) is 1.73. The van der Waals surface area contributed by atoms with Crippen LogP contribution in [0.15, 0.2) is 66.9 Å². The Morgan fingerprint density at radius 2 is 1.86 bits per heavy atom. The van der Waals surface area contributed by atoms with E-state index in [0.717, 1.165) is 29.2 Å². The molecule has 2 aromatic carbocycles. The third kappa shape index (κ3) is 3.76. The quantitative estimate of drug-likeness (QED) is 0.708. The van der Waals surface area contributed by atoms with E-state index in [-0.39, 0.29) is 12.7 Å². The number of carbonyl (C=O) groups is 1. The van der Waals surface area contributed by atoms with Crippen molar-refractivity contribution in [1.29, 1.82) is 0 Å². The second kappa shape index (κ2) is 8.00. The van der Waals surface area contributed by atoms with Crippen LogP contribution in [0.5, 0.6) is 11.5 Å². The van der Waals surface area contributed by atoms with Crippen LogP contribution < -0.4 is 19.7 Å². The molecule has 142 valence electrons. The number of nitrogens with zero attached hydrogens (tertiary/aromatic N) is 2. The van der Waals surface area contributed by atoms with Crippen molar-refractivity contribution >= 4 is 17.3 Å². The normalized spacial score (nSPS) is 11.9. The van der Waals surface area contributed by atoms with Crippen molar-refractivity contribution in [3.05, 3.63) is 78.1 Å². The maximum atomic E-state index is 12.4. The number of para-hydroxylation sites is 1. The van der Waals surface area contributed by atoms with Crippen molar-refractivity contribution in [2.75, 3.05) is 18.2 Å². The van der Waals surface area contributed by atoms with E-state index in [1.54, 1.807) is 12.3 Å². The topological polar surface area (TPSA) is 63.7 Å². The highest BCUT2D eigenvalue weighted by molar-refractivity contribution is 5.92. The van der Waals surface area contributed by atoms with Gasteiger partial charge in [-0.1, -0.05) is 24.3 Å².